The lowest BCUT2D eigenvalue weighted by molar-refractivity contribution is 0.0648. The summed E-state index contributed by atoms with van der Waals surface area (Å²) in [5, 5.41) is 0.672. The smallest absolute Gasteiger partial charge is 0.290 e. The molecule has 3 aromatic rings. The molecule has 168 valence electrons. The van der Waals surface area contributed by atoms with Gasteiger partial charge in [-0.2, -0.15) is 0 Å². The van der Waals surface area contributed by atoms with Crippen LogP contribution in [-0.2, 0) is 16.4 Å². The fourth-order valence-electron chi connectivity index (χ4n) is 3.86. The van der Waals surface area contributed by atoms with Gasteiger partial charge in [0.15, 0.2) is 21.0 Å². The van der Waals surface area contributed by atoms with Crippen LogP contribution in [0.4, 0.5) is 5.69 Å². The highest BCUT2D eigenvalue weighted by atomic mass is 35.5. The normalized spacial score (nSPS) is 17.4. The topological polar surface area (TPSA) is 87.9 Å². The third-order valence-corrected chi connectivity index (χ3v) is 7.60. The van der Waals surface area contributed by atoms with Crippen molar-refractivity contribution in [2.45, 2.75) is 19.0 Å². The molecule has 1 aliphatic heterocycles. The van der Waals surface area contributed by atoms with Gasteiger partial charge in [0.25, 0.3) is 5.91 Å². The Morgan fingerprint density at radius 1 is 1.12 bits per heavy atom. The van der Waals surface area contributed by atoms with Crippen LogP contribution >= 0.6 is 11.6 Å². The van der Waals surface area contributed by atoms with Gasteiger partial charge in [0.2, 0.25) is 0 Å². The van der Waals surface area contributed by atoms with Gasteiger partial charge < -0.3 is 14.2 Å². The third-order valence-electron chi connectivity index (χ3n) is 5.62. The molecule has 1 aromatic heterocycles. The molecule has 0 aliphatic carbocycles. The monoisotopic (exact) mass is 474 g/mol. The van der Waals surface area contributed by atoms with Crippen LogP contribution < -0.4 is 10.3 Å². The van der Waals surface area contributed by atoms with Crippen molar-refractivity contribution in [2.24, 2.45) is 0 Å². The Bertz CT molecular complexity index is 1330. The van der Waals surface area contributed by atoms with E-state index in [4.69, 9.17) is 16.0 Å². The first-order valence-corrected chi connectivity index (χ1v) is 12.3. The van der Waals surface area contributed by atoms with Crippen LogP contribution in [0, 0.1) is 0 Å². The summed E-state index contributed by atoms with van der Waals surface area (Å²) < 4.78 is 30.0. The summed E-state index contributed by atoms with van der Waals surface area (Å²) >= 11 is 5.96. The molecule has 1 fully saturated rings. The molecular weight excluding hydrogens is 452 g/mol. The molecule has 2 aromatic carbocycles. The molecule has 9 heteroatoms. The number of hydrogen-bond acceptors (Lipinski definition) is 6. The Balaban J connectivity index is 1.70. The first-order chi connectivity index (χ1) is 15.1. The lowest BCUT2D eigenvalue weighted by atomic mass is 10.1. The predicted molar refractivity (Wildman–Crippen MR) is 125 cm³/mol. The van der Waals surface area contributed by atoms with E-state index in [9.17, 15) is 18.0 Å². The van der Waals surface area contributed by atoms with Gasteiger partial charge in [-0.05, 0) is 42.3 Å². The van der Waals surface area contributed by atoms with E-state index in [-0.39, 0.29) is 40.2 Å². The van der Waals surface area contributed by atoms with Crippen LogP contribution in [0.3, 0.4) is 0 Å². The highest BCUT2D eigenvalue weighted by molar-refractivity contribution is 7.91. The summed E-state index contributed by atoms with van der Waals surface area (Å²) in [6.07, 6.45) is 0.345. The zero-order valence-corrected chi connectivity index (χ0v) is 19.3. The lowest BCUT2D eigenvalue weighted by Crippen LogP contribution is -2.40. The van der Waals surface area contributed by atoms with E-state index in [0.717, 1.165) is 17.3 Å². The Labute approximate surface area is 191 Å². The average molecular weight is 475 g/mol. The molecule has 1 saturated heterocycles. The fourth-order valence-corrected chi connectivity index (χ4v) is 5.76. The largest absolute Gasteiger partial charge is 0.451 e. The summed E-state index contributed by atoms with van der Waals surface area (Å²) in [6, 6.07) is 12.9. The Kier molecular flexibility index (Phi) is 6.01. The highest BCUT2D eigenvalue weighted by Gasteiger charge is 2.36. The third kappa shape index (κ3) is 4.66. The van der Waals surface area contributed by atoms with E-state index >= 15 is 0 Å². The van der Waals surface area contributed by atoms with E-state index in [0.29, 0.717) is 11.4 Å². The van der Waals surface area contributed by atoms with Crippen molar-refractivity contribution in [3.05, 3.63) is 75.1 Å². The van der Waals surface area contributed by atoms with Crippen molar-refractivity contribution >= 4 is 44.0 Å². The standard InChI is InChI=1S/C23H23ClN2O5S/c1-25(2)17-6-3-15(4-7-17)13-26(18-9-10-32(29,30)14-18)23(28)22-12-20(27)19-11-16(24)5-8-21(19)31-22/h3-8,11-12,18H,9-10,13-14H2,1-2H3. The van der Waals surface area contributed by atoms with E-state index < -0.39 is 21.8 Å². The summed E-state index contributed by atoms with van der Waals surface area (Å²) in [6.45, 7) is 0.203. The number of fused-ring (bicyclic) bond motifs is 1. The lowest BCUT2D eigenvalue weighted by Gasteiger charge is -2.28. The molecule has 7 nitrogen and oxygen atoms in total. The quantitative estimate of drug-likeness (QED) is 0.563. The summed E-state index contributed by atoms with van der Waals surface area (Å²) in [4.78, 5) is 29.5. The second-order valence-electron chi connectivity index (χ2n) is 8.17. The van der Waals surface area contributed by atoms with Gasteiger partial charge in [0, 0.05) is 43.5 Å². The number of benzene rings is 2. The van der Waals surface area contributed by atoms with Crippen molar-refractivity contribution in [1.82, 2.24) is 4.90 Å². The minimum atomic E-state index is -3.22. The predicted octanol–water partition coefficient (Wildman–Crippen LogP) is 3.34. The minimum absolute atomic E-state index is 0.0290. The highest BCUT2D eigenvalue weighted by Crippen LogP contribution is 2.25. The maximum atomic E-state index is 13.4. The fraction of sp³-hybridized carbons (Fsp3) is 0.304. The zero-order chi connectivity index (χ0) is 23.0. The maximum Gasteiger partial charge on any atom is 0.290 e. The number of anilines is 1. The van der Waals surface area contributed by atoms with Crippen molar-refractivity contribution in [2.75, 3.05) is 30.5 Å². The first kappa shape index (κ1) is 22.4. The Morgan fingerprint density at radius 2 is 1.84 bits per heavy atom. The van der Waals surface area contributed by atoms with Gasteiger partial charge in [-0.25, -0.2) is 8.42 Å². The summed E-state index contributed by atoms with van der Waals surface area (Å²) in [5.74, 6) is -0.722. The second kappa shape index (κ2) is 8.60. The number of hydrogen-bond donors (Lipinski definition) is 0. The first-order valence-electron chi connectivity index (χ1n) is 10.1. The van der Waals surface area contributed by atoms with Crippen LogP contribution in [0.1, 0.15) is 22.5 Å². The minimum Gasteiger partial charge on any atom is -0.451 e. The molecule has 4 rings (SSSR count). The van der Waals surface area contributed by atoms with Gasteiger partial charge >= 0.3 is 0 Å². The molecule has 1 aliphatic rings. The van der Waals surface area contributed by atoms with Crippen LogP contribution in [0.5, 0.6) is 0 Å². The molecule has 1 amide bonds. The van der Waals surface area contributed by atoms with Gasteiger partial charge in [-0.15, -0.1) is 0 Å². The Hall–Kier alpha value is -2.84. The molecule has 2 heterocycles. The molecule has 0 N–H and O–H groups in total. The maximum absolute atomic E-state index is 13.4. The SMILES string of the molecule is CN(C)c1ccc(CN(C(=O)c2cc(=O)c3cc(Cl)ccc3o2)C2CCS(=O)(=O)C2)cc1. The van der Waals surface area contributed by atoms with Crippen LogP contribution in [-0.4, -0.2) is 50.9 Å². The molecule has 0 radical (unpaired) electrons. The number of sulfone groups is 1. The number of amides is 1. The molecule has 0 spiro atoms. The number of halogens is 1. The van der Waals surface area contributed by atoms with Gasteiger partial charge in [-0.3, -0.25) is 9.59 Å². The number of rotatable bonds is 5. The summed E-state index contributed by atoms with van der Waals surface area (Å²) in [5.41, 5.74) is 1.73. The van der Waals surface area contributed by atoms with E-state index in [2.05, 4.69) is 0 Å². The van der Waals surface area contributed by atoms with Crippen LogP contribution in [0.25, 0.3) is 11.0 Å². The second-order valence-corrected chi connectivity index (χ2v) is 10.8. The molecule has 1 atom stereocenters. The number of carbonyl (C=O) groups excluding carboxylic acids is 1. The van der Waals surface area contributed by atoms with Crippen LogP contribution in [0.2, 0.25) is 5.02 Å². The zero-order valence-electron chi connectivity index (χ0n) is 17.7. The van der Waals surface area contributed by atoms with Crippen molar-refractivity contribution < 1.29 is 17.6 Å². The number of carbonyl (C=O) groups is 1. The van der Waals surface area contributed by atoms with Gasteiger partial charge in [0.05, 0.1) is 16.9 Å². The van der Waals surface area contributed by atoms with E-state index in [1.165, 1.54) is 11.0 Å². The molecular formula is C23H23ClN2O5S. The molecule has 1 unspecified atom stereocenters. The molecule has 0 bridgehead atoms. The van der Waals surface area contributed by atoms with Crippen molar-refractivity contribution in [3.63, 3.8) is 0 Å². The summed E-state index contributed by atoms with van der Waals surface area (Å²) in [7, 11) is 0.646. The molecule has 32 heavy (non-hydrogen) atoms. The Morgan fingerprint density at radius 3 is 2.47 bits per heavy atom. The van der Waals surface area contributed by atoms with Crippen LogP contribution in [0.15, 0.2) is 57.7 Å². The van der Waals surface area contributed by atoms with E-state index in [1.54, 1.807) is 12.1 Å². The molecule has 0 saturated carbocycles. The number of nitrogens with zero attached hydrogens (tertiary/aromatic N) is 2. The van der Waals surface area contributed by atoms with Crippen molar-refractivity contribution in [1.29, 1.82) is 0 Å². The van der Waals surface area contributed by atoms with Gasteiger partial charge in [-0.1, -0.05) is 23.7 Å². The van der Waals surface area contributed by atoms with Crippen molar-refractivity contribution in [3.8, 4) is 0 Å². The average Bonchev–Trinajstić information content (AvgIpc) is 3.11. The van der Waals surface area contributed by atoms with Gasteiger partial charge in [0.1, 0.15) is 5.58 Å². The van der Waals surface area contributed by atoms with E-state index in [1.807, 2.05) is 43.3 Å².